The number of thioether (sulfide) groups is 1. The van der Waals surface area contributed by atoms with Crippen LogP contribution in [0, 0.1) is 6.92 Å². The molecule has 1 atom stereocenters. The Balaban J connectivity index is 1.85. The van der Waals surface area contributed by atoms with Crippen molar-refractivity contribution in [2.24, 2.45) is 0 Å². The molecule has 156 valence electrons. The molecule has 0 saturated carbocycles. The van der Waals surface area contributed by atoms with Gasteiger partial charge >= 0.3 is 6.18 Å². The fraction of sp³-hybridized carbons (Fsp3) is 0.667. The highest BCUT2D eigenvalue weighted by molar-refractivity contribution is 7.99. The van der Waals surface area contributed by atoms with E-state index in [2.05, 4.69) is 9.72 Å². The molecular formula is C18H23F3N2O3S2. The number of alkyl halides is 3. The molecule has 10 heteroatoms. The van der Waals surface area contributed by atoms with E-state index >= 15 is 0 Å². The molecule has 0 amide bonds. The molecule has 3 heterocycles. The minimum absolute atomic E-state index is 0.0393. The first kappa shape index (κ1) is 21.6. The highest BCUT2D eigenvalue weighted by atomic mass is 32.2. The van der Waals surface area contributed by atoms with Crippen LogP contribution in [0.1, 0.15) is 30.2 Å². The molecule has 0 aliphatic carbocycles. The number of rotatable bonds is 8. The lowest BCUT2D eigenvalue weighted by Crippen LogP contribution is -2.29. The van der Waals surface area contributed by atoms with Crippen LogP contribution in [0.3, 0.4) is 0 Å². The third-order valence-corrected chi connectivity index (χ3v) is 6.55. The van der Waals surface area contributed by atoms with Gasteiger partial charge < -0.3 is 9.47 Å². The van der Waals surface area contributed by atoms with E-state index in [1.807, 2.05) is 13.8 Å². The molecular weight excluding hydrogens is 413 g/mol. The van der Waals surface area contributed by atoms with Crippen molar-refractivity contribution in [3.05, 3.63) is 20.8 Å². The zero-order valence-electron chi connectivity index (χ0n) is 15.8. The summed E-state index contributed by atoms with van der Waals surface area (Å²) in [5.41, 5.74) is 0.920. The van der Waals surface area contributed by atoms with Crippen molar-refractivity contribution in [2.75, 3.05) is 25.6 Å². The van der Waals surface area contributed by atoms with Crippen LogP contribution < -0.4 is 5.56 Å². The van der Waals surface area contributed by atoms with Crippen LogP contribution in [0.5, 0.6) is 0 Å². The monoisotopic (exact) mass is 436 g/mol. The third kappa shape index (κ3) is 5.08. The number of hydrogen-bond acceptors (Lipinski definition) is 6. The summed E-state index contributed by atoms with van der Waals surface area (Å²) >= 11 is 2.72. The molecule has 0 bridgehead atoms. The Kier molecular flexibility index (Phi) is 7.06. The van der Waals surface area contributed by atoms with Gasteiger partial charge in [-0.3, -0.25) is 9.36 Å². The fourth-order valence-corrected chi connectivity index (χ4v) is 5.31. The van der Waals surface area contributed by atoms with Gasteiger partial charge in [0.15, 0.2) is 5.16 Å². The number of aromatic nitrogens is 2. The number of ether oxygens (including phenoxy) is 2. The lowest BCUT2D eigenvalue weighted by atomic mass is 10.1. The molecule has 1 aliphatic heterocycles. The molecule has 0 aromatic carbocycles. The van der Waals surface area contributed by atoms with E-state index in [1.54, 1.807) is 4.57 Å². The highest BCUT2D eigenvalue weighted by Gasteiger charge is 2.27. The summed E-state index contributed by atoms with van der Waals surface area (Å²) in [5.74, 6) is 0.282. The molecule has 1 fully saturated rings. The van der Waals surface area contributed by atoms with Crippen LogP contribution in [0.25, 0.3) is 10.2 Å². The Morgan fingerprint density at radius 3 is 2.86 bits per heavy atom. The van der Waals surface area contributed by atoms with Crippen LogP contribution in [-0.2, 0) is 22.4 Å². The topological polar surface area (TPSA) is 53.4 Å². The van der Waals surface area contributed by atoms with E-state index < -0.39 is 12.8 Å². The second kappa shape index (κ2) is 9.15. The largest absolute Gasteiger partial charge is 0.411 e. The molecule has 28 heavy (non-hydrogen) atoms. The first-order valence-electron chi connectivity index (χ1n) is 9.22. The second-order valence-corrected chi connectivity index (χ2v) is 8.90. The molecule has 1 aliphatic rings. The van der Waals surface area contributed by atoms with Gasteiger partial charge in [-0.25, -0.2) is 4.98 Å². The Morgan fingerprint density at radius 1 is 1.43 bits per heavy atom. The zero-order valence-corrected chi connectivity index (χ0v) is 17.4. The Morgan fingerprint density at radius 2 is 2.21 bits per heavy atom. The van der Waals surface area contributed by atoms with E-state index in [4.69, 9.17) is 4.74 Å². The summed E-state index contributed by atoms with van der Waals surface area (Å²) in [4.78, 5) is 19.6. The number of thiophene rings is 1. The number of nitrogens with zero attached hydrogens (tertiary/aromatic N) is 2. The van der Waals surface area contributed by atoms with Crippen molar-refractivity contribution in [2.45, 2.75) is 57.1 Å². The summed E-state index contributed by atoms with van der Waals surface area (Å²) in [6, 6.07) is 0. The Hall–Kier alpha value is -1.10. The predicted octanol–water partition coefficient (Wildman–Crippen LogP) is 4.18. The molecule has 1 saturated heterocycles. The van der Waals surface area contributed by atoms with Gasteiger partial charge in [-0.2, -0.15) is 13.2 Å². The van der Waals surface area contributed by atoms with Crippen LogP contribution in [0.4, 0.5) is 13.2 Å². The van der Waals surface area contributed by atoms with Gasteiger partial charge in [0.25, 0.3) is 5.56 Å². The smallest absolute Gasteiger partial charge is 0.376 e. The molecule has 0 spiro atoms. The van der Waals surface area contributed by atoms with Crippen LogP contribution >= 0.6 is 23.1 Å². The summed E-state index contributed by atoms with van der Waals surface area (Å²) in [7, 11) is 0. The summed E-state index contributed by atoms with van der Waals surface area (Å²) in [6.45, 7) is 3.74. The van der Waals surface area contributed by atoms with Crippen LogP contribution in [0.2, 0.25) is 0 Å². The van der Waals surface area contributed by atoms with E-state index in [1.165, 1.54) is 23.1 Å². The van der Waals surface area contributed by atoms with E-state index in [9.17, 15) is 18.0 Å². The standard InChI is InChI=1S/C18H23F3N2O3S2/c1-3-13-11(2)28-15-14(13)16(24)23(9-12-5-4-6-26-12)17(22-15)27-8-7-25-10-18(19,20)21/h12H,3-10H2,1-2H3. The lowest BCUT2D eigenvalue weighted by Gasteiger charge is -2.16. The Labute approximate surface area is 169 Å². The number of fused-ring (bicyclic) bond motifs is 1. The number of halogens is 3. The average molecular weight is 437 g/mol. The van der Waals surface area contributed by atoms with Gasteiger partial charge in [0.2, 0.25) is 0 Å². The SMILES string of the molecule is CCc1c(C)sc2nc(SCCOCC(F)(F)F)n(CC3CCCO3)c(=O)c12. The number of hydrogen-bond donors (Lipinski definition) is 0. The van der Waals surface area contributed by atoms with Crippen LogP contribution in [-0.4, -0.2) is 47.4 Å². The summed E-state index contributed by atoms with van der Waals surface area (Å²) in [5, 5.41) is 1.16. The third-order valence-electron chi connectivity index (χ3n) is 4.57. The minimum atomic E-state index is -4.34. The van der Waals surface area contributed by atoms with E-state index in [0.29, 0.717) is 28.5 Å². The second-order valence-electron chi connectivity index (χ2n) is 6.63. The maximum atomic E-state index is 13.2. The molecule has 2 aromatic rings. The quantitative estimate of drug-likeness (QED) is 0.353. The molecule has 1 unspecified atom stereocenters. The minimum Gasteiger partial charge on any atom is -0.376 e. The fourth-order valence-electron chi connectivity index (χ4n) is 3.30. The zero-order chi connectivity index (χ0) is 20.3. The first-order chi connectivity index (χ1) is 13.3. The van der Waals surface area contributed by atoms with Crippen molar-refractivity contribution in [1.82, 2.24) is 9.55 Å². The van der Waals surface area contributed by atoms with Crippen molar-refractivity contribution >= 4 is 33.3 Å². The van der Waals surface area contributed by atoms with Crippen LogP contribution in [0.15, 0.2) is 9.95 Å². The van der Waals surface area contributed by atoms with Gasteiger partial charge in [0.1, 0.15) is 11.4 Å². The van der Waals surface area contributed by atoms with Crippen molar-refractivity contribution in [1.29, 1.82) is 0 Å². The molecule has 0 radical (unpaired) electrons. The molecule has 5 nitrogen and oxygen atoms in total. The van der Waals surface area contributed by atoms with Gasteiger partial charge in [-0.15, -0.1) is 11.3 Å². The maximum absolute atomic E-state index is 13.2. The summed E-state index contributed by atoms with van der Waals surface area (Å²) in [6.07, 6.45) is -1.79. The predicted molar refractivity (Wildman–Crippen MR) is 105 cm³/mol. The van der Waals surface area contributed by atoms with Crippen molar-refractivity contribution in [3.63, 3.8) is 0 Å². The van der Waals surface area contributed by atoms with E-state index in [0.717, 1.165) is 29.7 Å². The van der Waals surface area contributed by atoms with Gasteiger partial charge in [-0.05, 0) is 31.7 Å². The average Bonchev–Trinajstić information content (AvgIpc) is 3.23. The first-order valence-corrected chi connectivity index (χ1v) is 11.0. The lowest BCUT2D eigenvalue weighted by molar-refractivity contribution is -0.172. The van der Waals surface area contributed by atoms with Gasteiger partial charge in [0, 0.05) is 17.2 Å². The maximum Gasteiger partial charge on any atom is 0.411 e. The van der Waals surface area contributed by atoms with E-state index in [-0.39, 0.29) is 24.0 Å². The molecule has 2 aromatic heterocycles. The van der Waals surface area contributed by atoms with Gasteiger partial charge in [-0.1, -0.05) is 18.7 Å². The normalized spacial score (nSPS) is 17.7. The number of aryl methyl sites for hydroxylation is 2. The molecule has 3 rings (SSSR count). The van der Waals surface area contributed by atoms with Gasteiger partial charge in [0.05, 0.1) is 24.6 Å². The van der Waals surface area contributed by atoms with Crippen molar-refractivity contribution < 1.29 is 22.6 Å². The highest BCUT2D eigenvalue weighted by Crippen LogP contribution is 2.30. The van der Waals surface area contributed by atoms with Crippen molar-refractivity contribution in [3.8, 4) is 0 Å². The molecule has 0 N–H and O–H groups in total. The summed E-state index contributed by atoms with van der Waals surface area (Å²) < 4.78 is 48.6. The Bertz CT molecular complexity index is 874.